The Morgan fingerprint density at radius 3 is 2.44 bits per heavy atom. The van der Waals surface area contributed by atoms with Crippen LogP contribution in [-0.4, -0.2) is 63.9 Å². The average Bonchev–Trinajstić information content (AvgIpc) is 3.31. The average molecular weight is 589 g/mol. The first-order chi connectivity index (χ1) is 19.5. The number of halogens is 3. The van der Waals surface area contributed by atoms with Gasteiger partial charge in [-0.2, -0.15) is 13.2 Å². The topological polar surface area (TPSA) is 147 Å². The van der Waals surface area contributed by atoms with E-state index in [-0.39, 0.29) is 33.5 Å². The number of nitrogens with one attached hydrogen (secondary N) is 1. The number of hydrogen-bond acceptors (Lipinski definition) is 10. The minimum atomic E-state index is -4.73. The van der Waals surface area contributed by atoms with Crippen LogP contribution in [0, 0.1) is 0 Å². The molecular formula is C27H27F3N6O4S. The van der Waals surface area contributed by atoms with Gasteiger partial charge in [0.1, 0.15) is 21.6 Å². The summed E-state index contributed by atoms with van der Waals surface area (Å²) in [6, 6.07) is 8.20. The van der Waals surface area contributed by atoms with Gasteiger partial charge in [-0.3, -0.25) is 4.98 Å². The highest BCUT2D eigenvalue weighted by atomic mass is 32.1. The number of nitrogens with zero attached hydrogens (tertiary/aromatic N) is 4. The molecule has 1 fully saturated rings. The number of nitrogens with two attached hydrogens (primary N) is 1. The summed E-state index contributed by atoms with van der Waals surface area (Å²) in [6.07, 6.45) is -1.01. The number of aliphatic hydroxyl groups excluding tert-OH is 1. The molecule has 0 aromatic carbocycles. The lowest BCUT2D eigenvalue weighted by Gasteiger charge is -2.34. The molecule has 0 radical (unpaired) electrons. The summed E-state index contributed by atoms with van der Waals surface area (Å²) in [5.74, 6) is -0.760. The van der Waals surface area contributed by atoms with Crippen molar-refractivity contribution in [2.75, 3.05) is 37.4 Å². The Hall–Kier alpha value is -4.01. The highest BCUT2D eigenvalue weighted by molar-refractivity contribution is 7.21. The second-order valence-corrected chi connectivity index (χ2v) is 10.6. The molecule has 1 aliphatic rings. The SMILES string of the molecule is COc1ccc(-c2ccc(C(O)CNC3CCN(c4cc(C(F)(F)F)c5c(N)c(C(=O)O)sc5n4)CC3)nc2)cn1. The molecule has 41 heavy (non-hydrogen) atoms. The van der Waals surface area contributed by atoms with E-state index in [1.165, 1.54) is 0 Å². The molecule has 5 heterocycles. The van der Waals surface area contributed by atoms with E-state index in [2.05, 4.69) is 20.3 Å². The molecule has 4 aromatic rings. The molecule has 5 rings (SSSR count). The predicted octanol–water partition coefficient (Wildman–Crippen LogP) is 4.35. The van der Waals surface area contributed by atoms with Crippen LogP contribution < -0.4 is 20.7 Å². The monoisotopic (exact) mass is 588 g/mol. The third kappa shape index (κ3) is 6.04. The van der Waals surface area contributed by atoms with E-state index >= 15 is 0 Å². The molecule has 0 saturated carbocycles. The number of aliphatic hydroxyl groups is 1. The summed E-state index contributed by atoms with van der Waals surface area (Å²) in [6.45, 7) is 1.12. The Bertz CT molecular complexity index is 1540. The number of rotatable bonds is 8. The number of aromatic nitrogens is 3. The third-order valence-electron chi connectivity index (χ3n) is 7.01. The van der Waals surface area contributed by atoms with Crippen LogP contribution in [0.3, 0.4) is 0 Å². The van der Waals surface area contributed by atoms with Crippen molar-refractivity contribution in [3.63, 3.8) is 0 Å². The van der Waals surface area contributed by atoms with Crippen molar-refractivity contribution in [2.45, 2.75) is 31.2 Å². The fraction of sp³-hybridized carbons (Fsp3) is 0.333. The number of nitrogen functional groups attached to an aromatic ring is 1. The van der Waals surface area contributed by atoms with Crippen molar-refractivity contribution in [1.82, 2.24) is 20.3 Å². The number of thiophene rings is 1. The van der Waals surface area contributed by atoms with Crippen molar-refractivity contribution < 1.29 is 32.9 Å². The van der Waals surface area contributed by atoms with Gasteiger partial charge in [-0.1, -0.05) is 6.07 Å². The number of anilines is 2. The maximum atomic E-state index is 13.9. The lowest BCUT2D eigenvalue weighted by Crippen LogP contribution is -2.44. The number of hydrogen-bond donors (Lipinski definition) is 4. The minimum Gasteiger partial charge on any atom is -0.481 e. The molecule has 5 N–H and O–H groups in total. The molecule has 0 bridgehead atoms. The quantitative estimate of drug-likeness (QED) is 0.234. The summed E-state index contributed by atoms with van der Waals surface area (Å²) in [5, 5.41) is 22.9. The van der Waals surface area contributed by atoms with E-state index in [0.29, 0.717) is 48.8 Å². The number of carbonyl (C=O) groups is 1. The fourth-order valence-electron chi connectivity index (χ4n) is 4.79. The molecule has 0 spiro atoms. The lowest BCUT2D eigenvalue weighted by molar-refractivity contribution is -0.136. The van der Waals surface area contributed by atoms with Gasteiger partial charge in [-0.25, -0.2) is 14.8 Å². The second kappa shape index (κ2) is 11.5. The molecule has 0 aliphatic carbocycles. The Labute approximate surface area is 236 Å². The van der Waals surface area contributed by atoms with E-state index in [1.807, 2.05) is 12.1 Å². The summed E-state index contributed by atoms with van der Waals surface area (Å²) in [7, 11) is 1.54. The predicted molar refractivity (Wildman–Crippen MR) is 148 cm³/mol. The van der Waals surface area contributed by atoms with E-state index in [0.717, 1.165) is 17.2 Å². The number of alkyl halides is 3. The van der Waals surface area contributed by atoms with Crippen LogP contribution in [-0.2, 0) is 6.18 Å². The van der Waals surface area contributed by atoms with E-state index < -0.39 is 29.5 Å². The van der Waals surface area contributed by atoms with E-state index in [9.17, 15) is 28.2 Å². The molecule has 1 unspecified atom stereocenters. The van der Waals surface area contributed by atoms with Gasteiger partial charge >= 0.3 is 12.1 Å². The van der Waals surface area contributed by atoms with Gasteiger partial charge in [0.05, 0.1) is 24.1 Å². The van der Waals surface area contributed by atoms with Crippen LogP contribution in [0.15, 0.2) is 42.7 Å². The van der Waals surface area contributed by atoms with Crippen molar-refractivity contribution in [2.24, 2.45) is 0 Å². The molecular weight excluding hydrogens is 561 g/mol. The second-order valence-electron chi connectivity index (χ2n) is 9.60. The molecule has 1 atom stereocenters. The van der Waals surface area contributed by atoms with Crippen LogP contribution in [0.4, 0.5) is 24.7 Å². The summed E-state index contributed by atoms with van der Waals surface area (Å²) < 4.78 is 46.7. The van der Waals surface area contributed by atoms with Crippen LogP contribution in [0.1, 0.15) is 39.9 Å². The van der Waals surface area contributed by atoms with Crippen LogP contribution in [0.2, 0.25) is 0 Å². The lowest BCUT2D eigenvalue weighted by atomic mass is 10.0. The molecule has 1 saturated heterocycles. The Morgan fingerprint density at radius 2 is 1.88 bits per heavy atom. The molecule has 14 heteroatoms. The third-order valence-corrected chi connectivity index (χ3v) is 8.10. The van der Waals surface area contributed by atoms with Crippen LogP contribution >= 0.6 is 11.3 Å². The van der Waals surface area contributed by atoms with Crippen LogP contribution in [0.5, 0.6) is 5.88 Å². The maximum Gasteiger partial charge on any atom is 0.417 e. The first kappa shape index (κ1) is 28.5. The number of carboxylic acids is 1. The van der Waals surface area contributed by atoms with Crippen molar-refractivity contribution in [3.05, 3.63) is 58.9 Å². The van der Waals surface area contributed by atoms with Gasteiger partial charge in [0.25, 0.3) is 0 Å². The number of piperidine rings is 1. The Morgan fingerprint density at radius 1 is 1.20 bits per heavy atom. The highest BCUT2D eigenvalue weighted by Crippen LogP contribution is 2.43. The maximum absolute atomic E-state index is 13.9. The van der Waals surface area contributed by atoms with E-state index in [1.54, 1.807) is 36.5 Å². The zero-order chi connectivity index (χ0) is 29.3. The molecule has 0 amide bonds. The number of ether oxygens (including phenoxy) is 1. The van der Waals surface area contributed by atoms with Gasteiger partial charge in [0, 0.05) is 60.6 Å². The van der Waals surface area contributed by atoms with Crippen molar-refractivity contribution >= 4 is 39.0 Å². The first-order valence-electron chi connectivity index (χ1n) is 12.7. The van der Waals surface area contributed by atoms with Gasteiger partial charge < -0.3 is 30.9 Å². The molecule has 1 aliphatic heterocycles. The molecule has 216 valence electrons. The minimum absolute atomic E-state index is 0.0346. The van der Waals surface area contributed by atoms with Gasteiger partial charge in [-0.15, -0.1) is 11.3 Å². The van der Waals surface area contributed by atoms with Gasteiger partial charge in [0.15, 0.2) is 0 Å². The highest BCUT2D eigenvalue weighted by Gasteiger charge is 2.37. The van der Waals surface area contributed by atoms with Crippen LogP contribution in [0.25, 0.3) is 21.3 Å². The largest absolute Gasteiger partial charge is 0.481 e. The van der Waals surface area contributed by atoms with Crippen molar-refractivity contribution in [1.29, 1.82) is 0 Å². The Kier molecular flexibility index (Phi) is 7.98. The number of carboxylic acid groups (broad SMARTS) is 1. The van der Waals surface area contributed by atoms with Gasteiger partial charge in [-0.05, 0) is 31.0 Å². The summed E-state index contributed by atoms with van der Waals surface area (Å²) in [5.41, 5.74) is 6.57. The zero-order valence-corrected chi connectivity index (χ0v) is 22.7. The first-order valence-corrected chi connectivity index (χ1v) is 13.5. The summed E-state index contributed by atoms with van der Waals surface area (Å²) in [4.78, 5) is 25.7. The smallest absolute Gasteiger partial charge is 0.417 e. The van der Waals surface area contributed by atoms with Crippen molar-refractivity contribution in [3.8, 4) is 17.0 Å². The molecule has 10 nitrogen and oxygen atoms in total. The number of fused-ring (bicyclic) bond motifs is 1. The zero-order valence-electron chi connectivity index (χ0n) is 21.9. The molecule has 4 aromatic heterocycles. The normalized spacial score (nSPS) is 15.3. The Balaban J connectivity index is 1.20. The fourth-order valence-corrected chi connectivity index (χ4v) is 5.75. The number of pyridine rings is 3. The standard InChI is InChI=1S/C27H27F3N6O4S/c1-40-21-5-3-15(12-34-21)14-2-4-18(33-11-14)19(37)13-32-16-6-8-36(9-7-16)20-10-17(27(28,29)30)22-23(31)24(26(38)39)41-25(22)35-20/h2-5,10-12,16,19,32,37H,6-9,13,31H2,1H3,(H,38,39). The number of aromatic carboxylic acids is 1. The summed E-state index contributed by atoms with van der Waals surface area (Å²) >= 11 is 0.635. The van der Waals surface area contributed by atoms with Gasteiger partial charge in [0.2, 0.25) is 5.88 Å². The van der Waals surface area contributed by atoms with E-state index in [4.69, 9.17) is 10.5 Å². The number of methoxy groups -OCH3 is 1.